The highest BCUT2D eigenvalue weighted by molar-refractivity contribution is 5.87. The number of piperidine rings is 1. The number of anilines is 1. The predicted octanol–water partition coefficient (Wildman–Crippen LogP) is 2.28. The van der Waals surface area contributed by atoms with Gasteiger partial charge in [-0.15, -0.1) is 0 Å². The van der Waals surface area contributed by atoms with Gasteiger partial charge >= 0.3 is 6.09 Å². The Kier molecular flexibility index (Phi) is 5.70. The second-order valence-corrected chi connectivity index (χ2v) is 6.68. The summed E-state index contributed by atoms with van der Waals surface area (Å²) in [6.45, 7) is 7.19. The fourth-order valence-corrected chi connectivity index (χ4v) is 2.82. The highest BCUT2D eigenvalue weighted by Crippen LogP contribution is 2.25. The van der Waals surface area contributed by atoms with Gasteiger partial charge < -0.3 is 20.7 Å². The SMILES string of the molecule is CCOC(=O)N1CCC(NC(=O)C(C)(C)c2ccc(N)cc2)CC1. The molecule has 6 nitrogen and oxygen atoms in total. The highest BCUT2D eigenvalue weighted by Gasteiger charge is 2.32. The first-order chi connectivity index (χ1) is 11.3. The molecule has 2 rings (SSSR count). The van der Waals surface area contributed by atoms with Crippen LogP contribution in [0.5, 0.6) is 0 Å². The van der Waals surface area contributed by atoms with Crippen molar-refractivity contribution in [1.29, 1.82) is 0 Å². The molecule has 3 N–H and O–H groups in total. The van der Waals surface area contributed by atoms with E-state index in [0.29, 0.717) is 25.4 Å². The molecule has 0 radical (unpaired) electrons. The summed E-state index contributed by atoms with van der Waals surface area (Å²) in [4.78, 5) is 26.1. The summed E-state index contributed by atoms with van der Waals surface area (Å²) in [5.74, 6) is -0.0122. The molecule has 1 aliphatic heterocycles. The number of carbonyl (C=O) groups is 2. The summed E-state index contributed by atoms with van der Waals surface area (Å²) in [7, 11) is 0. The molecule has 1 fully saturated rings. The molecule has 132 valence electrons. The first-order valence-electron chi connectivity index (χ1n) is 8.43. The quantitative estimate of drug-likeness (QED) is 0.828. The number of likely N-dealkylation sites (tertiary alicyclic amines) is 1. The lowest BCUT2D eigenvalue weighted by molar-refractivity contribution is -0.126. The number of amides is 2. The number of nitrogens with one attached hydrogen (secondary N) is 1. The molecular weight excluding hydrogens is 306 g/mol. The zero-order valence-corrected chi connectivity index (χ0v) is 14.7. The summed E-state index contributed by atoms with van der Waals surface area (Å²) in [5.41, 5.74) is 6.69. The molecule has 0 aliphatic carbocycles. The predicted molar refractivity (Wildman–Crippen MR) is 93.6 cm³/mol. The van der Waals surface area contributed by atoms with Crippen LogP contribution in [0.25, 0.3) is 0 Å². The van der Waals surface area contributed by atoms with E-state index >= 15 is 0 Å². The normalized spacial score (nSPS) is 15.9. The number of rotatable bonds is 4. The standard InChI is InChI=1S/C18H27N3O3/c1-4-24-17(23)21-11-9-15(10-12-21)20-16(22)18(2,3)13-5-7-14(19)8-6-13/h5-8,15H,4,9-12,19H2,1-3H3,(H,20,22). The maximum atomic E-state index is 12.7. The van der Waals surface area contributed by atoms with Crippen molar-refractivity contribution in [2.75, 3.05) is 25.4 Å². The maximum absolute atomic E-state index is 12.7. The van der Waals surface area contributed by atoms with Crippen LogP contribution < -0.4 is 11.1 Å². The van der Waals surface area contributed by atoms with E-state index in [1.807, 2.05) is 38.1 Å². The fourth-order valence-electron chi connectivity index (χ4n) is 2.82. The monoisotopic (exact) mass is 333 g/mol. The Hall–Kier alpha value is -2.24. The van der Waals surface area contributed by atoms with Crippen LogP contribution in [-0.4, -0.2) is 42.6 Å². The Balaban J connectivity index is 1.91. The number of ether oxygens (including phenoxy) is 1. The zero-order valence-electron chi connectivity index (χ0n) is 14.7. The second kappa shape index (κ2) is 7.55. The lowest BCUT2D eigenvalue weighted by atomic mass is 9.83. The molecule has 2 amide bonds. The Labute approximate surface area is 143 Å². The van der Waals surface area contributed by atoms with Gasteiger partial charge in [0.15, 0.2) is 0 Å². The van der Waals surface area contributed by atoms with Gasteiger partial charge in [0.25, 0.3) is 0 Å². The topological polar surface area (TPSA) is 84.7 Å². The molecule has 0 unspecified atom stereocenters. The summed E-state index contributed by atoms with van der Waals surface area (Å²) < 4.78 is 5.01. The molecule has 24 heavy (non-hydrogen) atoms. The number of benzene rings is 1. The molecule has 0 aromatic heterocycles. The molecule has 0 spiro atoms. The van der Waals surface area contributed by atoms with E-state index in [0.717, 1.165) is 18.4 Å². The fraction of sp³-hybridized carbons (Fsp3) is 0.556. The van der Waals surface area contributed by atoms with Gasteiger partial charge in [-0.2, -0.15) is 0 Å². The van der Waals surface area contributed by atoms with Crippen LogP contribution >= 0.6 is 0 Å². The highest BCUT2D eigenvalue weighted by atomic mass is 16.6. The van der Waals surface area contributed by atoms with Gasteiger partial charge in [0.05, 0.1) is 12.0 Å². The van der Waals surface area contributed by atoms with E-state index in [1.165, 1.54) is 0 Å². The van der Waals surface area contributed by atoms with Crippen molar-refractivity contribution in [3.8, 4) is 0 Å². The first kappa shape index (κ1) is 18.1. The number of nitrogens with two attached hydrogens (primary N) is 1. The van der Waals surface area contributed by atoms with E-state index in [-0.39, 0.29) is 18.0 Å². The van der Waals surface area contributed by atoms with Crippen LogP contribution in [0, 0.1) is 0 Å². The summed E-state index contributed by atoms with van der Waals surface area (Å²) in [6, 6.07) is 7.47. The van der Waals surface area contributed by atoms with Crippen molar-refractivity contribution in [3.63, 3.8) is 0 Å². The molecule has 1 aromatic carbocycles. The summed E-state index contributed by atoms with van der Waals surface area (Å²) in [5, 5.41) is 3.11. The van der Waals surface area contributed by atoms with Crippen molar-refractivity contribution in [3.05, 3.63) is 29.8 Å². The molecule has 0 atom stereocenters. The third-order valence-electron chi connectivity index (χ3n) is 4.56. The van der Waals surface area contributed by atoms with Gasteiger partial charge in [-0.1, -0.05) is 12.1 Å². The van der Waals surface area contributed by atoms with E-state index < -0.39 is 5.41 Å². The number of hydrogen-bond acceptors (Lipinski definition) is 4. The molecule has 6 heteroatoms. The van der Waals surface area contributed by atoms with E-state index in [2.05, 4.69) is 5.32 Å². The van der Waals surface area contributed by atoms with E-state index in [1.54, 1.807) is 11.8 Å². The van der Waals surface area contributed by atoms with Crippen LogP contribution in [-0.2, 0) is 14.9 Å². The largest absolute Gasteiger partial charge is 0.450 e. The molecule has 1 heterocycles. The van der Waals surface area contributed by atoms with Crippen molar-refractivity contribution in [1.82, 2.24) is 10.2 Å². The number of hydrogen-bond donors (Lipinski definition) is 2. The molecule has 1 saturated heterocycles. The van der Waals surface area contributed by atoms with Crippen LogP contribution in [0.2, 0.25) is 0 Å². The van der Waals surface area contributed by atoms with Crippen molar-refractivity contribution >= 4 is 17.7 Å². The first-order valence-corrected chi connectivity index (χ1v) is 8.43. The lowest BCUT2D eigenvalue weighted by Crippen LogP contribution is -2.50. The van der Waals surface area contributed by atoms with Crippen LogP contribution in [0.15, 0.2) is 24.3 Å². The maximum Gasteiger partial charge on any atom is 0.409 e. The second-order valence-electron chi connectivity index (χ2n) is 6.68. The molecule has 0 bridgehead atoms. The minimum atomic E-state index is -0.633. The van der Waals surface area contributed by atoms with Gasteiger partial charge in [0.2, 0.25) is 5.91 Å². The molecule has 1 aromatic rings. The van der Waals surface area contributed by atoms with Crippen molar-refractivity contribution in [2.45, 2.75) is 45.1 Å². The van der Waals surface area contributed by atoms with Crippen LogP contribution in [0.4, 0.5) is 10.5 Å². The van der Waals surface area contributed by atoms with Crippen LogP contribution in [0.3, 0.4) is 0 Å². The Morgan fingerprint density at radius 2 is 1.83 bits per heavy atom. The number of carbonyl (C=O) groups excluding carboxylic acids is 2. The minimum absolute atomic E-state index is 0.0122. The van der Waals surface area contributed by atoms with Crippen LogP contribution in [0.1, 0.15) is 39.2 Å². The Bertz CT molecular complexity index is 576. The van der Waals surface area contributed by atoms with Gasteiger partial charge in [0.1, 0.15) is 0 Å². The Morgan fingerprint density at radius 3 is 2.38 bits per heavy atom. The number of nitrogens with zero attached hydrogens (tertiary/aromatic N) is 1. The minimum Gasteiger partial charge on any atom is -0.450 e. The third-order valence-corrected chi connectivity index (χ3v) is 4.56. The molecule has 1 aliphatic rings. The van der Waals surface area contributed by atoms with Gasteiger partial charge in [-0.05, 0) is 51.3 Å². The lowest BCUT2D eigenvalue weighted by Gasteiger charge is -2.34. The van der Waals surface area contributed by atoms with E-state index in [9.17, 15) is 9.59 Å². The van der Waals surface area contributed by atoms with Gasteiger partial charge in [-0.3, -0.25) is 4.79 Å². The summed E-state index contributed by atoms with van der Waals surface area (Å²) in [6.07, 6.45) is 1.20. The average molecular weight is 333 g/mol. The van der Waals surface area contributed by atoms with Crippen molar-refractivity contribution < 1.29 is 14.3 Å². The zero-order chi connectivity index (χ0) is 17.7. The third kappa shape index (κ3) is 4.19. The summed E-state index contributed by atoms with van der Waals surface area (Å²) >= 11 is 0. The van der Waals surface area contributed by atoms with Gasteiger partial charge in [0, 0.05) is 24.8 Å². The number of nitrogen functional groups attached to an aromatic ring is 1. The average Bonchev–Trinajstić information content (AvgIpc) is 2.56. The smallest absolute Gasteiger partial charge is 0.409 e. The Morgan fingerprint density at radius 1 is 1.25 bits per heavy atom. The van der Waals surface area contributed by atoms with Gasteiger partial charge in [-0.25, -0.2) is 4.79 Å². The van der Waals surface area contributed by atoms with Crippen molar-refractivity contribution in [2.24, 2.45) is 0 Å². The molecular formula is C18H27N3O3. The van der Waals surface area contributed by atoms with E-state index in [4.69, 9.17) is 10.5 Å². The molecule has 0 saturated carbocycles.